The van der Waals surface area contributed by atoms with Crippen LogP contribution in [0, 0.1) is 6.07 Å². The molecule has 0 atom stereocenters. The zero-order chi connectivity index (χ0) is 13.4. The smallest absolute Gasteiger partial charge is 0.250 e. The van der Waals surface area contributed by atoms with E-state index in [1.807, 2.05) is 12.1 Å². The molecule has 18 heavy (non-hydrogen) atoms. The summed E-state index contributed by atoms with van der Waals surface area (Å²) in [5, 5.41) is 2.59. The van der Waals surface area contributed by atoms with Crippen molar-refractivity contribution < 1.29 is 4.43 Å². The summed E-state index contributed by atoms with van der Waals surface area (Å²) in [5.41, 5.74) is 0. The third-order valence-electron chi connectivity index (χ3n) is 3.86. The number of benzene rings is 2. The Morgan fingerprint density at radius 1 is 1.11 bits per heavy atom. The number of fused-ring (bicyclic) bond motifs is 1. The van der Waals surface area contributed by atoms with Crippen LogP contribution in [0.5, 0.6) is 5.75 Å². The lowest BCUT2D eigenvalue weighted by molar-refractivity contribution is 0.496. The minimum Gasteiger partial charge on any atom is -0.543 e. The predicted octanol–water partition coefficient (Wildman–Crippen LogP) is 5.02. The summed E-state index contributed by atoms with van der Waals surface area (Å²) in [6, 6.07) is 15.4. The monoisotopic (exact) mass is 257 g/mol. The number of rotatable bonds is 2. The van der Waals surface area contributed by atoms with Crippen molar-refractivity contribution in [2.45, 2.75) is 38.9 Å². The van der Waals surface area contributed by atoms with E-state index in [2.05, 4.69) is 64.2 Å². The molecular weight excluding hydrogens is 236 g/mol. The molecule has 0 aliphatic heterocycles. The lowest BCUT2D eigenvalue weighted by atomic mass is 10.1. The quantitative estimate of drug-likeness (QED) is 0.686. The highest BCUT2D eigenvalue weighted by Gasteiger charge is 2.39. The molecule has 0 amide bonds. The Bertz CT molecular complexity index is 547. The van der Waals surface area contributed by atoms with Crippen molar-refractivity contribution in [1.29, 1.82) is 0 Å². The van der Waals surface area contributed by atoms with Gasteiger partial charge in [-0.05, 0) is 41.7 Å². The van der Waals surface area contributed by atoms with E-state index < -0.39 is 8.32 Å². The highest BCUT2D eigenvalue weighted by atomic mass is 28.4. The molecule has 1 nitrogen and oxygen atoms in total. The van der Waals surface area contributed by atoms with Gasteiger partial charge in [-0.3, -0.25) is 0 Å². The average molecular weight is 257 g/mol. The Morgan fingerprint density at radius 2 is 1.83 bits per heavy atom. The van der Waals surface area contributed by atoms with Gasteiger partial charge in [-0.25, -0.2) is 0 Å². The van der Waals surface area contributed by atoms with Crippen LogP contribution in [0.25, 0.3) is 10.8 Å². The second-order valence-electron chi connectivity index (χ2n) is 6.27. The summed E-state index contributed by atoms with van der Waals surface area (Å²) in [6.07, 6.45) is 0. The Balaban J connectivity index is 2.44. The average Bonchev–Trinajstić information content (AvgIpc) is 2.27. The molecule has 0 bridgehead atoms. The maximum atomic E-state index is 6.40. The molecule has 2 rings (SSSR count). The van der Waals surface area contributed by atoms with E-state index in [1.165, 1.54) is 5.39 Å². The minimum absolute atomic E-state index is 0.216. The van der Waals surface area contributed by atoms with Gasteiger partial charge in [-0.2, -0.15) is 0 Å². The van der Waals surface area contributed by atoms with Crippen LogP contribution in [0.3, 0.4) is 0 Å². The third-order valence-corrected chi connectivity index (χ3v) is 8.20. The van der Waals surface area contributed by atoms with Crippen molar-refractivity contribution in [1.82, 2.24) is 0 Å². The van der Waals surface area contributed by atoms with Gasteiger partial charge in [0.15, 0.2) is 0 Å². The van der Waals surface area contributed by atoms with Crippen LogP contribution in [0.2, 0.25) is 18.1 Å². The molecule has 95 valence electrons. The van der Waals surface area contributed by atoms with Gasteiger partial charge in [-0.15, -0.1) is 0 Å². The topological polar surface area (TPSA) is 9.23 Å². The standard InChI is InChI=1S/C16H21OSi/c1-16(2,3)18(4,5)17-15-12-8-10-13-9-6-7-11-14(13)15/h6,8-12H,1-5H3. The third kappa shape index (κ3) is 2.44. The number of hydrogen-bond donors (Lipinski definition) is 0. The van der Waals surface area contributed by atoms with Gasteiger partial charge in [-0.1, -0.05) is 45.0 Å². The predicted molar refractivity (Wildman–Crippen MR) is 80.6 cm³/mol. The van der Waals surface area contributed by atoms with Gasteiger partial charge >= 0.3 is 0 Å². The molecule has 0 aliphatic carbocycles. The Hall–Kier alpha value is -1.28. The summed E-state index contributed by atoms with van der Waals surface area (Å²) >= 11 is 0. The fraction of sp³-hybridized carbons (Fsp3) is 0.375. The van der Waals surface area contributed by atoms with Crippen molar-refractivity contribution in [3.63, 3.8) is 0 Å². The van der Waals surface area contributed by atoms with E-state index in [0.717, 1.165) is 11.1 Å². The van der Waals surface area contributed by atoms with Gasteiger partial charge < -0.3 is 4.43 Å². The lowest BCUT2D eigenvalue weighted by Gasteiger charge is -2.36. The summed E-state index contributed by atoms with van der Waals surface area (Å²) in [4.78, 5) is 0. The molecular formula is C16H21OSi. The van der Waals surface area contributed by atoms with Crippen LogP contribution in [-0.2, 0) is 0 Å². The highest BCUT2D eigenvalue weighted by Crippen LogP contribution is 2.39. The van der Waals surface area contributed by atoms with Gasteiger partial charge in [0, 0.05) is 5.39 Å². The lowest BCUT2D eigenvalue weighted by Crippen LogP contribution is -2.43. The molecule has 2 heteroatoms. The molecule has 0 saturated carbocycles. The second kappa shape index (κ2) is 4.43. The maximum Gasteiger partial charge on any atom is 0.250 e. The van der Waals surface area contributed by atoms with E-state index in [-0.39, 0.29) is 5.04 Å². The van der Waals surface area contributed by atoms with Crippen molar-refractivity contribution >= 4 is 19.1 Å². The fourth-order valence-corrected chi connectivity index (χ4v) is 2.68. The Kier molecular flexibility index (Phi) is 3.24. The molecule has 2 aromatic carbocycles. The first kappa shape index (κ1) is 13.2. The molecule has 2 aromatic rings. The molecule has 0 fully saturated rings. The summed E-state index contributed by atoms with van der Waals surface area (Å²) in [7, 11) is -1.78. The SMILES string of the molecule is CC(C)(C)[Si](C)(C)Oc1cccc2cc[c]cc12. The van der Waals surface area contributed by atoms with E-state index in [4.69, 9.17) is 4.43 Å². The summed E-state index contributed by atoms with van der Waals surface area (Å²) < 4.78 is 6.40. The van der Waals surface area contributed by atoms with Crippen LogP contribution < -0.4 is 4.43 Å². The van der Waals surface area contributed by atoms with Crippen LogP contribution >= 0.6 is 0 Å². The van der Waals surface area contributed by atoms with Crippen molar-refractivity contribution in [3.05, 3.63) is 42.5 Å². The minimum atomic E-state index is -1.78. The van der Waals surface area contributed by atoms with E-state index in [1.54, 1.807) is 0 Å². The van der Waals surface area contributed by atoms with E-state index in [9.17, 15) is 0 Å². The first-order chi connectivity index (χ1) is 8.31. The maximum absolute atomic E-state index is 6.40. The van der Waals surface area contributed by atoms with Gasteiger partial charge in [0.25, 0.3) is 8.32 Å². The van der Waals surface area contributed by atoms with Crippen LogP contribution in [0.15, 0.2) is 36.4 Å². The molecule has 0 saturated heterocycles. The summed E-state index contributed by atoms with van der Waals surface area (Å²) in [5.74, 6) is 0.996. The van der Waals surface area contributed by atoms with Crippen LogP contribution in [-0.4, -0.2) is 8.32 Å². The Labute approximate surface area is 111 Å². The molecule has 0 unspecified atom stereocenters. The van der Waals surface area contributed by atoms with Crippen LogP contribution in [0.1, 0.15) is 20.8 Å². The number of hydrogen-bond acceptors (Lipinski definition) is 1. The van der Waals surface area contributed by atoms with E-state index >= 15 is 0 Å². The van der Waals surface area contributed by atoms with Crippen LogP contribution in [0.4, 0.5) is 0 Å². The van der Waals surface area contributed by atoms with Crippen molar-refractivity contribution in [2.24, 2.45) is 0 Å². The van der Waals surface area contributed by atoms with Crippen molar-refractivity contribution in [3.8, 4) is 5.75 Å². The van der Waals surface area contributed by atoms with E-state index in [0.29, 0.717) is 0 Å². The van der Waals surface area contributed by atoms with Gasteiger partial charge in [0.1, 0.15) is 5.75 Å². The largest absolute Gasteiger partial charge is 0.543 e. The van der Waals surface area contributed by atoms with Gasteiger partial charge in [0.05, 0.1) is 0 Å². The summed E-state index contributed by atoms with van der Waals surface area (Å²) in [6.45, 7) is 11.3. The first-order valence-corrected chi connectivity index (χ1v) is 9.30. The molecule has 1 radical (unpaired) electrons. The molecule has 0 N–H and O–H groups in total. The second-order valence-corrected chi connectivity index (χ2v) is 11.0. The normalized spacial score (nSPS) is 12.7. The van der Waals surface area contributed by atoms with Crippen molar-refractivity contribution in [2.75, 3.05) is 0 Å². The Morgan fingerprint density at radius 3 is 2.50 bits per heavy atom. The molecule has 0 heterocycles. The molecule has 0 aromatic heterocycles. The zero-order valence-electron chi connectivity index (χ0n) is 11.9. The fourth-order valence-electron chi connectivity index (χ4n) is 1.65. The highest BCUT2D eigenvalue weighted by molar-refractivity contribution is 6.74. The van der Waals surface area contributed by atoms with Gasteiger partial charge in [0.2, 0.25) is 0 Å². The first-order valence-electron chi connectivity index (χ1n) is 6.39. The molecule has 0 aliphatic rings. The zero-order valence-corrected chi connectivity index (χ0v) is 12.9. The molecule has 0 spiro atoms.